The van der Waals surface area contributed by atoms with E-state index < -0.39 is 0 Å². The van der Waals surface area contributed by atoms with Gasteiger partial charge in [-0.05, 0) is 71.5 Å². The van der Waals surface area contributed by atoms with Gasteiger partial charge < -0.3 is 15.5 Å². The smallest absolute Gasteiger partial charge is 0.191 e. The maximum atomic E-state index is 4.95. The summed E-state index contributed by atoms with van der Waals surface area (Å²) in [7, 11) is 0. The Labute approximate surface area is 181 Å². The molecule has 0 amide bonds. The molecule has 2 fully saturated rings. The molecule has 164 valence electrons. The maximum absolute atomic E-state index is 4.95. The van der Waals surface area contributed by atoms with Crippen molar-refractivity contribution in [2.75, 3.05) is 45.8 Å². The molecule has 3 rings (SSSR count). The van der Waals surface area contributed by atoms with Gasteiger partial charge in [-0.15, -0.1) is 11.3 Å². The van der Waals surface area contributed by atoms with E-state index in [1.54, 1.807) is 11.3 Å². The van der Waals surface area contributed by atoms with Crippen molar-refractivity contribution in [2.45, 2.75) is 65.5 Å². The van der Waals surface area contributed by atoms with Gasteiger partial charge in [-0.1, -0.05) is 6.92 Å². The topological polar surface area (TPSA) is 55.8 Å². The second-order valence-corrected chi connectivity index (χ2v) is 9.62. The largest absolute Gasteiger partial charge is 0.357 e. The van der Waals surface area contributed by atoms with Crippen LogP contribution in [0.25, 0.3) is 0 Å². The number of aryl methyl sites for hydroxylation is 1. The van der Waals surface area contributed by atoms with Crippen LogP contribution in [0.4, 0.5) is 0 Å². The SMILES string of the molecule is CCCN1CCC(NC(=NCC2CCN(Cc3csc(C)n3)CC2)NCC)CC1. The Morgan fingerprint density at radius 2 is 1.86 bits per heavy atom. The molecule has 6 nitrogen and oxygen atoms in total. The van der Waals surface area contributed by atoms with Gasteiger partial charge in [0.1, 0.15) is 0 Å². The predicted octanol–water partition coefficient (Wildman–Crippen LogP) is 3.09. The van der Waals surface area contributed by atoms with Crippen LogP contribution >= 0.6 is 11.3 Å². The highest BCUT2D eigenvalue weighted by Crippen LogP contribution is 2.20. The third-order valence-electron chi connectivity index (χ3n) is 6.08. The van der Waals surface area contributed by atoms with Crippen molar-refractivity contribution in [3.05, 3.63) is 16.1 Å². The fourth-order valence-electron chi connectivity index (χ4n) is 4.39. The zero-order valence-corrected chi connectivity index (χ0v) is 19.4. The maximum Gasteiger partial charge on any atom is 0.191 e. The van der Waals surface area contributed by atoms with Crippen LogP contribution < -0.4 is 10.6 Å². The zero-order chi connectivity index (χ0) is 20.5. The summed E-state index contributed by atoms with van der Waals surface area (Å²) in [5.74, 6) is 1.71. The average molecular weight is 421 g/mol. The number of likely N-dealkylation sites (tertiary alicyclic amines) is 2. The highest BCUT2D eigenvalue weighted by atomic mass is 32.1. The Bertz CT molecular complexity index is 615. The van der Waals surface area contributed by atoms with Gasteiger partial charge in [0, 0.05) is 44.1 Å². The first kappa shape index (κ1) is 22.5. The van der Waals surface area contributed by atoms with E-state index in [1.165, 1.54) is 62.4 Å². The van der Waals surface area contributed by atoms with Crippen LogP contribution in [-0.2, 0) is 6.54 Å². The number of rotatable bonds is 8. The van der Waals surface area contributed by atoms with E-state index in [1.807, 2.05) is 0 Å². The lowest BCUT2D eigenvalue weighted by molar-refractivity contribution is 0.179. The monoisotopic (exact) mass is 420 g/mol. The third-order valence-corrected chi connectivity index (χ3v) is 6.90. The first-order valence-electron chi connectivity index (χ1n) is 11.6. The number of hydrogen-bond acceptors (Lipinski definition) is 5. The van der Waals surface area contributed by atoms with Crippen LogP contribution in [-0.4, -0.2) is 72.6 Å². The van der Waals surface area contributed by atoms with E-state index in [2.05, 4.69) is 51.6 Å². The highest BCUT2D eigenvalue weighted by molar-refractivity contribution is 7.09. The lowest BCUT2D eigenvalue weighted by Crippen LogP contribution is -2.49. The lowest BCUT2D eigenvalue weighted by Gasteiger charge is -2.33. The predicted molar refractivity (Wildman–Crippen MR) is 124 cm³/mol. The van der Waals surface area contributed by atoms with Crippen molar-refractivity contribution >= 4 is 17.3 Å². The molecule has 0 atom stereocenters. The molecule has 1 aromatic heterocycles. The zero-order valence-electron chi connectivity index (χ0n) is 18.6. The number of aromatic nitrogens is 1. The van der Waals surface area contributed by atoms with E-state index >= 15 is 0 Å². The number of aliphatic imine (C=N–C) groups is 1. The Hall–Kier alpha value is -1.18. The number of guanidine groups is 1. The molecule has 7 heteroatoms. The molecule has 2 aliphatic heterocycles. The summed E-state index contributed by atoms with van der Waals surface area (Å²) in [6.07, 6.45) is 6.17. The highest BCUT2D eigenvalue weighted by Gasteiger charge is 2.21. The molecule has 0 aliphatic carbocycles. The Morgan fingerprint density at radius 3 is 2.48 bits per heavy atom. The van der Waals surface area contributed by atoms with Gasteiger partial charge in [-0.25, -0.2) is 4.98 Å². The molecular weight excluding hydrogens is 380 g/mol. The minimum Gasteiger partial charge on any atom is -0.357 e. The summed E-state index contributed by atoms with van der Waals surface area (Å²) in [5, 5.41) is 10.5. The Kier molecular flexibility index (Phi) is 9.21. The molecule has 2 aliphatic rings. The van der Waals surface area contributed by atoms with Crippen molar-refractivity contribution in [3.63, 3.8) is 0 Å². The minimum atomic E-state index is 0.560. The molecule has 0 aromatic carbocycles. The average Bonchev–Trinajstić information content (AvgIpc) is 3.14. The van der Waals surface area contributed by atoms with Gasteiger partial charge >= 0.3 is 0 Å². The second-order valence-electron chi connectivity index (χ2n) is 8.56. The minimum absolute atomic E-state index is 0.560. The summed E-state index contributed by atoms with van der Waals surface area (Å²) in [5.41, 5.74) is 1.23. The molecule has 29 heavy (non-hydrogen) atoms. The number of hydrogen-bond donors (Lipinski definition) is 2. The summed E-state index contributed by atoms with van der Waals surface area (Å²) in [6, 6.07) is 0.560. The van der Waals surface area contributed by atoms with Crippen LogP contribution in [0.3, 0.4) is 0 Å². The molecule has 0 bridgehead atoms. The van der Waals surface area contributed by atoms with Gasteiger partial charge in [0.25, 0.3) is 0 Å². The summed E-state index contributed by atoms with van der Waals surface area (Å²) >= 11 is 1.75. The van der Waals surface area contributed by atoms with Crippen LogP contribution in [0.1, 0.15) is 56.7 Å². The molecule has 2 saturated heterocycles. The summed E-state index contributed by atoms with van der Waals surface area (Å²) < 4.78 is 0. The fraction of sp³-hybridized carbons (Fsp3) is 0.818. The van der Waals surface area contributed by atoms with E-state index in [4.69, 9.17) is 4.99 Å². The van der Waals surface area contributed by atoms with Crippen molar-refractivity contribution in [1.29, 1.82) is 0 Å². The van der Waals surface area contributed by atoms with Gasteiger partial charge in [0.05, 0.1) is 10.7 Å². The summed E-state index contributed by atoms with van der Waals surface area (Å²) in [6.45, 7) is 15.4. The lowest BCUT2D eigenvalue weighted by atomic mass is 9.97. The molecule has 0 radical (unpaired) electrons. The number of nitrogens with zero attached hydrogens (tertiary/aromatic N) is 4. The van der Waals surface area contributed by atoms with Crippen molar-refractivity contribution in [1.82, 2.24) is 25.4 Å². The third kappa shape index (κ3) is 7.54. The number of nitrogens with one attached hydrogen (secondary N) is 2. The van der Waals surface area contributed by atoms with E-state index in [0.717, 1.165) is 38.7 Å². The van der Waals surface area contributed by atoms with Crippen LogP contribution in [0, 0.1) is 12.8 Å². The fourth-order valence-corrected chi connectivity index (χ4v) is 4.99. The first-order valence-corrected chi connectivity index (χ1v) is 12.4. The van der Waals surface area contributed by atoms with Gasteiger partial charge in [-0.2, -0.15) is 0 Å². The van der Waals surface area contributed by atoms with Gasteiger partial charge in [0.2, 0.25) is 0 Å². The van der Waals surface area contributed by atoms with Crippen molar-refractivity contribution in [2.24, 2.45) is 10.9 Å². The number of piperidine rings is 2. The van der Waals surface area contributed by atoms with Crippen molar-refractivity contribution < 1.29 is 0 Å². The van der Waals surface area contributed by atoms with Crippen LogP contribution in [0.2, 0.25) is 0 Å². The molecule has 0 saturated carbocycles. The van der Waals surface area contributed by atoms with Gasteiger partial charge in [-0.3, -0.25) is 9.89 Å². The normalized spacial score (nSPS) is 20.9. The molecule has 0 unspecified atom stereocenters. The number of thiazole rings is 1. The van der Waals surface area contributed by atoms with Crippen LogP contribution in [0.15, 0.2) is 10.4 Å². The van der Waals surface area contributed by atoms with Gasteiger partial charge in [0.15, 0.2) is 5.96 Å². The second kappa shape index (κ2) is 11.9. The standard InChI is InChI=1S/C22H40N6S/c1-4-10-27-13-8-20(9-14-27)26-22(23-5-2)24-15-19-6-11-28(12-7-19)16-21-17-29-18(3)25-21/h17,19-20H,4-16H2,1-3H3,(H2,23,24,26). The first-order chi connectivity index (χ1) is 14.2. The molecule has 0 spiro atoms. The molecular formula is C22H40N6S. The quantitative estimate of drug-likeness (QED) is 0.500. The Balaban J connectivity index is 1.40. The van der Waals surface area contributed by atoms with Crippen LogP contribution in [0.5, 0.6) is 0 Å². The molecule has 2 N–H and O–H groups in total. The van der Waals surface area contributed by atoms with E-state index in [0.29, 0.717) is 12.0 Å². The van der Waals surface area contributed by atoms with Crippen molar-refractivity contribution in [3.8, 4) is 0 Å². The van der Waals surface area contributed by atoms with E-state index in [-0.39, 0.29) is 0 Å². The summed E-state index contributed by atoms with van der Waals surface area (Å²) in [4.78, 5) is 14.7. The molecule has 1 aromatic rings. The van der Waals surface area contributed by atoms with E-state index in [9.17, 15) is 0 Å². The molecule has 3 heterocycles. The Morgan fingerprint density at radius 1 is 1.14 bits per heavy atom.